The highest BCUT2D eigenvalue weighted by Gasteiger charge is 2.14. The fourth-order valence-corrected chi connectivity index (χ4v) is 1.53. The first-order valence-corrected chi connectivity index (χ1v) is 6.30. The third-order valence-corrected chi connectivity index (χ3v) is 2.57. The fourth-order valence-electron chi connectivity index (χ4n) is 1.53. The van der Waals surface area contributed by atoms with Gasteiger partial charge in [-0.2, -0.15) is 0 Å². The summed E-state index contributed by atoms with van der Waals surface area (Å²) in [4.78, 5) is 0. The standard InChI is InChI=1S/C13H22O5/c1-2-3-5-16-7-8-17-10-12(15)11-4-6-18-13(11)9-14/h4,6,12,14-15H,2-3,5,7-10H2,1H3. The van der Waals surface area contributed by atoms with Crippen LogP contribution in [0.3, 0.4) is 0 Å². The van der Waals surface area contributed by atoms with E-state index in [-0.39, 0.29) is 13.2 Å². The average molecular weight is 258 g/mol. The lowest BCUT2D eigenvalue weighted by Gasteiger charge is -2.11. The monoisotopic (exact) mass is 258 g/mol. The van der Waals surface area contributed by atoms with E-state index in [9.17, 15) is 5.11 Å². The van der Waals surface area contributed by atoms with Gasteiger partial charge in [-0.3, -0.25) is 0 Å². The van der Waals surface area contributed by atoms with Crippen LogP contribution >= 0.6 is 0 Å². The molecular weight excluding hydrogens is 236 g/mol. The molecule has 1 aromatic rings. The molecule has 0 radical (unpaired) electrons. The second-order valence-electron chi connectivity index (χ2n) is 4.01. The first-order valence-electron chi connectivity index (χ1n) is 6.30. The van der Waals surface area contributed by atoms with Crippen molar-refractivity contribution in [3.8, 4) is 0 Å². The minimum atomic E-state index is -0.776. The van der Waals surface area contributed by atoms with Crippen LogP contribution in [0.25, 0.3) is 0 Å². The van der Waals surface area contributed by atoms with Crippen molar-refractivity contribution in [2.45, 2.75) is 32.5 Å². The first kappa shape index (κ1) is 15.2. The molecule has 0 aliphatic rings. The van der Waals surface area contributed by atoms with Gasteiger partial charge in [-0.25, -0.2) is 0 Å². The zero-order valence-corrected chi connectivity index (χ0v) is 10.8. The van der Waals surface area contributed by atoms with Crippen molar-refractivity contribution in [3.05, 3.63) is 23.7 Å². The Kier molecular flexibility index (Phi) is 7.68. The van der Waals surface area contributed by atoms with E-state index in [1.54, 1.807) is 6.07 Å². The maximum absolute atomic E-state index is 9.83. The molecule has 2 N–H and O–H groups in total. The summed E-state index contributed by atoms with van der Waals surface area (Å²) in [5.74, 6) is 0.380. The van der Waals surface area contributed by atoms with E-state index in [0.717, 1.165) is 19.4 Å². The van der Waals surface area contributed by atoms with Crippen LogP contribution in [-0.4, -0.2) is 36.6 Å². The summed E-state index contributed by atoms with van der Waals surface area (Å²) >= 11 is 0. The molecule has 0 spiro atoms. The summed E-state index contributed by atoms with van der Waals surface area (Å²) in [6, 6.07) is 1.64. The van der Waals surface area contributed by atoms with Gasteiger partial charge in [-0.05, 0) is 12.5 Å². The molecule has 18 heavy (non-hydrogen) atoms. The van der Waals surface area contributed by atoms with E-state index in [1.807, 2.05) is 0 Å². The van der Waals surface area contributed by atoms with E-state index < -0.39 is 6.10 Å². The van der Waals surface area contributed by atoms with E-state index in [4.69, 9.17) is 19.0 Å². The molecule has 0 bridgehead atoms. The van der Waals surface area contributed by atoms with Crippen molar-refractivity contribution in [1.82, 2.24) is 0 Å². The zero-order valence-electron chi connectivity index (χ0n) is 10.8. The molecule has 1 atom stereocenters. The molecule has 1 rings (SSSR count). The van der Waals surface area contributed by atoms with E-state index in [2.05, 4.69) is 6.92 Å². The third kappa shape index (κ3) is 5.18. The van der Waals surface area contributed by atoms with Gasteiger partial charge in [0.05, 0.1) is 26.1 Å². The average Bonchev–Trinajstić information content (AvgIpc) is 2.85. The number of furan rings is 1. The molecular formula is C13H22O5. The predicted molar refractivity (Wildman–Crippen MR) is 66.1 cm³/mol. The van der Waals surface area contributed by atoms with Gasteiger partial charge in [-0.15, -0.1) is 0 Å². The van der Waals surface area contributed by atoms with E-state index in [1.165, 1.54) is 6.26 Å². The number of aliphatic hydroxyl groups is 2. The highest BCUT2D eigenvalue weighted by atomic mass is 16.5. The number of ether oxygens (including phenoxy) is 2. The second-order valence-corrected chi connectivity index (χ2v) is 4.01. The Hall–Kier alpha value is -0.880. The maximum atomic E-state index is 9.83. The molecule has 1 aromatic heterocycles. The number of aliphatic hydroxyl groups excluding tert-OH is 2. The predicted octanol–water partition coefficient (Wildman–Crippen LogP) is 1.64. The highest BCUT2D eigenvalue weighted by Crippen LogP contribution is 2.19. The molecule has 104 valence electrons. The summed E-state index contributed by atoms with van der Waals surface area (Å²) in [5.41, 5.74) is 0.574. The molecule has 0 amide bonds. The van der Waals surface area contributed by atoms with Gasteiger partial charge in [0.2, 0.25) is 0 Å². The van der Waals surface area contributed by atoms with E-state index >= 15 is 0 Å². The van der Waals surface area contributed by atoms with Crippen molar-refractivity contribution >= 4 is 0 Å². The topological polar surface area (TPSA) is 72.1 Å². The molecule has 1 unspecified atom stereocenters. The Balaban J connectivity index is 2.12. The minimum Gasteiger partial charge on any atom is -0.467 e. The van der Waals surface area contributed by atoms with Crippen molar-refractivity contribution in [1.29, 1.82) is 0 Å². The Morgan fingerprint density at radius 2 is 2.06 bits per heavy atom. The number of rotatable bonds is 10. The molecule has 0 fully saturated rings. The van der Waals surface area contributed by atoms with Crippen LogP contribution in [0, 0.1) is 0 Å². The van der Waals surface area contributed by atoms with Gasteiger partial charge in [0.25, 0.3) is 0 Å². The van der Waals surface area contributed by atoms with Crippen LogP contribution in [0.4, 0.5) is 0 Å². The lowest BCUT2D eigenvalue weighted by atomic mass is 10.1. The third-order valence-electron chi connectivity index (χ3n) is 2.57. The highest BCUT2D eigenvalue weighted by molar-refractivity contribution is 5.19. The number of unbranched alkanes of at least 4 members (excludes halogenated alkanes) is 1. The first-order chi connectivity index (χ1) is 8.79. The maximum Gasteiger partial charge on any atom is 0.135 e. The quantitative estimate of drug-likeness (QED) is 0.624. The molecule has 5 nitrogen and oxygen atoms in total. The lowest BCUT2D eigenvalue weighted by molar-refractivity contribution is 0.00184. The van der Waals surface area contributed by atoms with Gasteiger partial charge in [0, 0.05) is 12.2 Å². The Bertz CT molecular complexity index is 310. The SMILES string of the molecule is CCCCOCCOCC(O)c1ccoc1CO. The van der Waals surface area contributed by atoms with Gasteiger partial charge in [-0.1, -0.05) is 13.3 Å². The summed E-state index contributed by atoms with van der Waals surface area (Å²) in [6.07, 6.45) is 2.83. The Labute approximate surface area is 107 Å². The molecule has 0 aliphatic carbocycles. The number of hydrogen-bond donors (Lipinski definition) is 2. The van der Waals surface area contributed by atoms with Gasteiger partial charge >= 0.3 is 0 Å². The largest absolute Gasteiger partial charge is 0.467 e. The van der Waals surface area contributed by atoms with Gasteiger partial charge < -0.3 is 24.1 Å². The van der Waals surface area contributed by atoms with Crippen molar-refractivity contribution in [3.63, 3.8) is 0 Å². The van der Waals surface area contributed by atoms with E-state index in [0.29, 0.717) is 24.5 Å². The van der Waals surface area contributed by atoms with Gasteiger partial charge in [0.1, 0.15) is 18.5 Å². The molecule has 0 aliphatic heterocycles. The van der Waals surface area contributed by atoms with Crippen molar-refractivity contribution in [2.75, 3.05) is 26.4 Å². The van der Waals surface area contributed by atoms with Crippen LogP contribution in [0.2, 0.25) is 0 Å². The second kappa shape index (κ2) is 9.10. The molecule has 0 saturated carbocycles. The summed E-state index contributed by atoms with van der Waals surface area (Å²) in [5, 5.41) is 18.8. The number of hydrogen-bond acceptors (Lipinski definition) is 5. The molecule has 0 saturated heterocycles. The van der Waals surface area contributed by atoms with Crippen LogP contribution in [0.5, 0.6) is 0 Å². The van der Waals surface area contributed by atoms with Crippen LogP contribution in [0.15, 0.2) is 16.7 Å². The van der Waals surface area contributed by atoms with Crippen LogP contribution in [-0.2, 0) is 16.1 Å². The van der Waals surface area contributed by atoms with Gasteiger partial charge in [0.15, 0.2) is 0 Å². The lowest BCUT2D eigenvalue weighted by Crippen LogP contribution is -2.12. The fraction of sp³-hybridized carbons (Fsp3) is 0.692. The Morgan fingerprint density at radius 1 is 1.28 bits per heavy atom. The normalized spacial score (nSPS) is 12.8. The van der Waals surface area contributed by atoms with Crippen LogP contribution < -0.4 is 0 Å². The summed E-state index contributed by atoms with van der Waals surface area (Å²) < 4.78 is 15.6. The van der Waals surface area contributed by atoms with Crippen LogP contribution in [0.1, 0.15) is 37.2 Å². The molecule has 1 heterocycles. The summed E-state index contributed by atoms with van der Waals surface area (Å²) in [6.45, 7) is 3.79. The van der Waals surface area contributed by atoms with Crippen molar-refractivity contribution in [2.24, 2.45) is 0 Å². The van der Waals surface area contributed by atoms with Crippen molar-refractivity contribution < 1.29 is 24.1 Å². The minimum absolute atomic E-state index is 0.170. The summed E-state index contributed by atoms with van der Waals surface area (Å²) in [7, 11) is 0. The molecule has 5 heteroatoms. The zero-order chi connectivity index (χ0) is 13.2. The smallest absolute Gasteiger partial charge is 0.135 e. The Morgan fingerprint density at radius 3 is 2.78 bits per heavy atom. The molecule has 0 aromatic carbocycles.